The normalized spacial score (nSPS) is 12.4. The van der Waals surface area contributed by atoms with Gasteiger partial charge in [0, 0.05) is 6.04 Å². The number of aryl methyl sites for hydroxylation is 2. The van der Waals surface area contributed by atoms with E-state index in [1.54, 1.807) is 24.3 Å². The molecule has 0 heterocycles. The van der Waals surface area contributed by atoms with Crippen molar-refractivity contribution in [2.75, 3.05) is 13.2 Å². The summed E-state index contributed by atoms with van der Waals surface area (Å²) in [5.41, 5.74) is 7.79. The average molecular weight is 428 g/mol. The van der Waals surface area contributed by atoms with Crippen LogP contribution in [0.3, 0.4) is 0 Å². The zero-order valence-corrected chi connectivity index (χ0v) is 17.5. The van der Waals surface area contributed by atoms with Crippen LogP contribution in [-0.4, -0.2) is 36.1 Å². The van der Waals surface area contributed by atoms with Crippen molar-refractivity contribution in [1.29, 1.82) is 0 Å². The molecule has 2 aromatic carbocycles. The van der Waals surface area contributed by atoms with E-state index in [2.05, 4.69) is 0 Å². The van der Waals surface area contributed by atoms with E-state index in [1.807, 2.05) is 13.8 Å². The Morgan fingerprint density at radius 2 is 1.04 bits per heavy atom. The Kier molecular flexibility index (Phi) is 7.73. The molecule has 154 valence electrons. The van der Waals surface area contributed by atoms with Gasteiger partial charge >= 0.3 is 0 Å². The first-order valence-corrected chi connectivity index (χ1v) is 11.6. The first-order valence-electron chi connectivity index (χ1n) is 8.78. The molecular weight excluding hydrogens is 402 g/mol. The van der Waals surface area contributed by atoms with Gasteiger partial charge in [0.2, 0.25) is 0 Å². The lowest BCUT2D eigenvalue weighted by Gasteiger charge is -2.12. The number of hydrogen-bond acceptors (Lipinski definition) is 7. The molecule has 0 aliphatic heterocycles. The highest BCUT2D eigenvalue weighted by molar-refractivity contribution is 7.87. The van der Waals surface area contributed by atoms with Gasteiger partial charge in [0.05, 0.1) is 23.0 Å². The Bertz CT molecular complexity index is 887. The third-order valence-corrected chi connectivity index (χ3v) is 6.73. The first-order chi connectivity index (χ1) is 13.1. The Morgan fingerprint density at radius 3 is 1.36 bits per heavy atom. The zero-order valence-electron chi connectivity index (χ0n) is 15.9. The van der Waals surface area contributed by atoms with Crippen LogP contribution >= 0.6 is 0 Å². The van der Waals surface area contributed by atoms with Gasteiger partial charge in [0.1, 0.15) is 0 Å². The highest BCUT2D eigenvalue weighted by Gasteiger charge is 2.17. The first kappa shape index (κ1) is 22.5. The smallest absolute Gasteiger partial charge is 0.296 e. The van der Waals surface area contributed by atoms with Gasteiger partial charge in [-0.2, -0.15) is 16.8 Å². The Labute approximate surface area is 166 Å². The van der Waals surface area contributed by atoms with Crippen LogP contribution in [0.25, 0.3) is 0 Å². The number of hydrogen-bond donors (Lipinski definition) is 1. The standard InChI is InChI=1S/C19H25NO6S2/c1-15-3-7-18(8-4-15)27(21,22)25-13-11-17(20)12-14-26-28(23,24)19-9-5-16(2)6-10-19/h3-10,17H,11-14,20H2,1-2H3. The summed E-state index contributed by atoms with van der Waals surface area (Å²) in [6.45, 7) is 3.53. The van der Waals surface area contributed by atoms with E-state index < -0.39 is 26.3 Å². The van der Waals surface area contributed by atoms with Crippen LogP contribution < -0.4 is 5.73 Å². The summed E-state index contributed by atoms with van der Waals surface area (Å²) in [6.07, 6.45) is 0.498. The largest absolute Gasteiger partial charge is 0.328 e. The molecular formula is C19H25NO6S2. The van der Waals surface area contributed by atoms with Gasteiger partial charge in [-0.25, -0.2) is 0 Å². The molecule has 0 bridgehead atoms. The molecule has 0 amide bonds. The number of nitrogens with two attached hydrogens (primary N) is 1. The molecule has 0 radical (unpaired) electrons. The van der Waals surface area contributed by atoms with Crippen molar-refractivity contribution in [3.63, 3.8) is 0 Å². The van der Waals surface area contributed by atoms with Gasteiger partial charge in [0.15, 0.2) is 0 Å². The van der Waals surface area contributed by atoms with Crippen LogP contribution in [0.5, 0.6) is 0 Å². The molecule has 9 heteroatoms. The summed E-state index contributed by atoms with van der Waals surface area (Å²) in [7, 11) is -7.68. The van der Waals surface area contributed by atoms with Crippen molar-refractivity contribution in [2.45, 2.75) is 42.5 Å². The number of rotatable bonds is 10. The molecule has 0 saturated heterocycles. The van der Waals surface area contributed by atoms with Crippen molar-refractivity contribution >= 4 is 20.2 Å². The third-order valence-electron chi connectivity index (χ3n) is 4.07. The monoisotopic (exact) mass is 427 g/mol. The maximum Gasteiger partial charge on any atom is 0.296 e. The van der Waals surface area contributed by atoms with E-state index >= 15 is 0 Å². The second kappa shape index (κ2) is 9.62. The van der Waals surface area contributed by atoms with Crippen LogP contribution in [0.2, 0.25) is 0 Å². The molecule has 0 aliphatic rings. The molecule has 28 heavy (non-hydrogen) atoms. The summed E-state index contributed by atoms with van der Waals surface area (Å²) >= 11 is 0. The maximum absolute atomic E-state index is 12.1. The lowest BCUT2D eigenvalue weighted by molar-refractivity contribution is 0.269. The topological polar surface area (TPSA) is 113 Å². The molecule has 0 fully saturated rings. The van der Waals surface area contributed by atoms with E-state index in [9.17, 15) is 16.8 Å². The molecule has 0 unspecified atom stereocenters. The molecule has 0 atom stereocenters. The van der Waals surface area contributed by atoms with Gasteiger partial charge in [0.25, 0.3) is 20.2 Å². The highest BCUT2D eigenvalue weighted by atomic mass is 32.2. The summed E-state index contributed by atoms with van der Waals surface area (Å²) in [5.74, 6) is 0. The molecule has 0 aliphatic carbocycles. The molecule has 0 aromatic heterocycles. The van der Waals surface area contributed by atoms with Crippen LogP contribution in [0, 0.1) is 13.8 Å². The Balaban J connectivity index is 1.76. The summed E-state index contributed by atoms with van der Waals surface area (Å²) in [4.78, 5) is 0.165. The second-order valence-corrected chi connectivity index (χ2v) is 9.75. The average Bonchev–Trinajstić information content (AvgIpc) is 2.62. The minimum atomic E-state index is -3.84. The van der Waals surface area contributed by atoms with E-state index in [0.717, 1.165) is 11.1 Å². The lowest BCUT2D eigenvalue weighted by atomic mass is 10.2. The maximum atomic E-state index is 12.1. The predicted octanol–water partition coefficient (Wildman–Crippen LogP) is 2.52. The van der Waals surface area contributed by atoms with Crippen molar-refractivity contribution in [3.05, 3.63) is 59.7 Å². The molecule has 2 N–H and O–H groups in total. The van der Waals surface area contributed by atoms with Crippen LogP contribution in [0.1, 0.15) is 24.0 Å². The summed E-state index contributed by atoms with van der Waals surface area (Å²) in [5, 5.41) is 0. The van der Waals surface area contributed by atoms with Crippen LogP contribution in [-0.2, 0) is 28.6 Å². The third kappa shape index (κ3) is 6.68. The second-order valence-electron chi connectivity index (χ2n) is 6.52. The van der Waals surface area contributed by atoms with E-state index in [4.69, 9.17) is 14.1 Å². The van der Waals surface area contributed by atoms with Crippen LogP contribution in [0.15, 0.2) is 58.3 Å². The number of benzene rings is 2. The van der Waals surface area contributed by atoms with Gasteiger partial charge in [-0.3, -0.25) is 8.37 Å². The van der Waals surface area contributed by atoms with Crippen molar-refractivity contribution in [1.82, 2.24) is 0 Å². The van der Waals surface area contributed by atoms with Gasteiger partial charge in [-0.1, -0.05) is 35.4 Å². The molecule has 2 rings (SSSR count). The van der Waals surface area contributed by atoms with Gasteiger partial charge in [-0.05, 0) is 51.0 Å². The predicted molar refractivity (Wildman–Crippen MR) is 106 cm³/mol. The van der Waals surface area contributed by atoms with E-state index in [-0.39, 0.29) is 35.8 Å². The SMILES string of the molecule is Cc1ccc(S(=O)(=O)OCCC(N)CCOS(=O)(=O)c2ccc(C)cc2)cc1. The summed E-state index contributed by atoms with van der Waals surface area (Å²) in [6, 6.07) is 12.2. The van der Waals surface area contributed by atoms with E-state index in [0.29, 0.717) is 0 Å². The van der Waals surface area contributed by atoms with Gasteiger partial charge < -0.3 is 5.73 Å². The fraction of sp³-hybridized carbons (Fsp3) is 0.368. The molecule has 0 spiro atoms. The zero-order chi connectivity index (χ0) is 20.8. The fourth-order valence-corrected chi connectivity index (χ4v) is 4.15. The minimum Gasteiger partial charge on any atom is -0.328 e. The quantitative estimate of drug-likeness (QED) is 0.580. The van der Waals surface area contributed by atoms with Crippen molar-refractivity contribution < 1.29 is 25.2 Å². The molecule has 0 saturated carbocycles. The highest BCUT2D eigenvalue weighted by Crippen LogP contribution is 2.15. The molecule has 2 aromatic rings. The Hall–Kier alpha value is -1.78. The molecule has 7 nitrogen and oxygen atoms in total. The Morgan fingerprint density at radius 1 is 0.714 bits per heavy atom. The van der Waals surface area contributed by atoms with Gasteiger partial charge in [-0.15, -0.1) is 0 Å². The van der Waals surface area contributed by atoms with Crippen LogP contribution in [0.4, 0.5) is 0 Å². The fourth-order valence-electron chi connectivity index (χ4n) is 2.31. The summed E-state index contributed by atoms with van der Waals surface area (Å²) < 4.78 is 58.3. The van der Waals surface area contributed by atoms with Crippen molar-refractivity contribution in [2.24, 2.45) is 5.73 Å². The van der Waals surface area contributed by atoms with Crippen molar-refractivity contribution in [3.8, 4) is 0 Å². The van der Waals surface area contributed by atoms with E-state index in [1.165, 1.54) is 24.3 Å². The lowest BCUT2D eigenvalue weighted by Crippen LogP contribution is -2.25. The minimum absolute atomic E-state index is 0.0826.